The molecule has 0 aromatic heterocycles. The number of nitro groups is 1. The smallest absolute Gasteiger partial charge is 0.273 e. The fraction of sp³-hybridized carbons (Fsp3) is 0.467. The molecule has 1 aliphatic heterocycles. The first-order chi connectivity index (χ1) is 11.5. The second kappa shape index (κ2) is 8.44. The summed E-state index contributed by atoms with van der Waals surface area (Å²) in [7, 11) is 1.44. The van der Waals surface area contributed by atoms with Crippen LogP contribution in [-0.4, -0.2) is 47.6 Å². The van der Waals surface area contributed by atoms with E-state index in [0.29, 0.717) is 29.5 Å². The van der Waals surface area contributed by atoms with E-state index in [9.17, 15) is 14.9 Å². The topological polar surface area (TPSA) is 96.7 Å². The number of ether oxygens (including phenoxy) is 1. The molecule has 1 fully saturated rings. The summed E-state index contributed by atoms with van der Waals surface area (Å²) in [5.41, 5.74) is 0.502. The molecule has 1 heterocycles. The largest absolute Gasteiger partial charge is 0.494 e. The molecule has 1 aromatic carbocycles. The van der Waals surface area contributed by atoms with Crippen molar-refractivity contribution in [3.63, 3.8) is 0 Å². The van der Waals surface area contributed by atoms with E-state index in [4.69, 9.17) is 17.0 Å². The summed E-state index contributed by atoms with van der Waals surface area (Å²) >= 11 is 5.21. The lowest BCUT2D eigenvalue weighted by atomic mass is 10.2. The lowest BCUT2D eigenvalue weighted by Crippen LogP contribution is -2.32. The Morgan fingerprint density at radius 3 is 2.92 bits per heavy atom. The summed E-state index contributed by atoms with van der Waals surface area (Å²) in [5, 5.41) is 17.2. The van der Waals surface area contributed by atoms with Crippen molar-refractivity contribution in [3.8, 4) is 5.75 Å². The van der Waals surface area contributed by atoms with Crippen LogP contribution < -0.4 is 15.4 Å². The maximum absolute atomic E-state index is 11.5. The second-order valence-electron chi connectivity index (χ2n) is 5.36. The van der Waals surface area contributed by atoms with Crippen molar-refractivity contribution in [2.45, 2.75) is 19.3 Å². The molecule has 0 unspecified atom stereocenters. The number of thiocarbonyl (C=S) groups is 1. The van der Waals surface area contributed by atoms with E-state index in [0.717, 1.165) is 25.9 Å². The van der Waals surface area contributed by atoms with Crippen molar-refractivity contribution in [1.82, 2.24) is 10.2 Å². The van der Waals surface area contributed by atoms with E-state index in [1.165, 1.54) is 19.2 Å². The van der Waals surface area contributed by atoms with Crippen molar-refractivity contribution in [3.05, 3.63) is 28.3 Å². The molecule has 24 heavy (non-hydrogen) atoms. The summed E-state index contributed by atoms with van der Waals surface area (Å²) in [5.74, 6) is 0.558. The third-order valence-corrected chi connectivity index (χ3v) is 3.95. The minimum atomic E-state index is -0.484. The summed E-state index contributed by atoms with van der Waals surface area (Å²) in [4.78, 5) is 23.6. The highest BCUT2D eigenvalue weighted by Crippen LogP contribution is 2.28. The number of carbonyl (C=O) groups excluding carboxylic acids is 1. The molecule has 0 atom stereocenters. The number of carbonyl (C=O) groups is 1. The van der Waals surface area contributed by atoms with Gasteiger partial charge in [0.05, 0.1) is 23.8 Å². The van der Waals surface area contributed by atoms with Gasteiger partial charge in [-0.3, -0.25) is 14.9 Å². The molecule has 0 saturated carbocycles. The normalized spacial score (nSPS) is 13.7. The maximum Gasteiger partial charge on any atom is 0.273 e. The number of benzene rings is 1. The van der Waals surface area contributed by atoms with Crippen molar-refractivity contribution >= 4 is 34.6 Å². The van der Waals surface area contributed by atoms with Crippen molar-refractivity contribution < 1.29 is 14.5 Å². The number of nitro benzene ring substituents is 1. The Kier molecular flexibility index (Phi) is 6.30. The first kappa shape index (κ1) is 17.9. The van der Waals surface area contributed by atoms with Crippen LogP contribution in [0.25, 0.3) is 0 Å². The van der Waals surface area contributed by atoms with Crippen LogP contribution in [0, 0.1) is 10.1 Å². The molecule has 0 spiro atoms. The van der Waals surface area contributed by atoms with E-state index in [1.54, 1.807) is 6.07 Å². The molecule has 8 nitrogen and oxygen atoms in total. The van der Waals surface area contributed by atoms with Gasteiger partial charge in [-0.05, 0) is 31.1 Å². The van der Waals surface area contributed by atoms with E-state index >= 15 is 0 Å². The average Bonchev–Trinajstić information content (AvgIpc) is 2.97. The third kappa shape index (κ3) is 4.79. The van der Waals surface area contributed by atoms with E-state index < -0.39 is 4.92 Å². The predicted molar refractivity (Wildman–Crippen MR) is 94.3 cm³/mol. The lowest BCUT2D eigenvalue weighted by Gasteiger charge is -2.16. The van der Waals surface area contributed by atoms with Crippen LogP contribution in [0.3, 0.4) is 0 Å². The summed E-state index contributed by atoms with van der Waals surface area (Å²) in [6.07, 6.45) is 2.38. The molecular weight excluding hydrogens is 332 g/mol. The molecule has 1 aliphatic rings. The number of hydrogen-bond donors (Lipinski definition) is 2. The van der Waals surface area contributed by atoms with Crippen molar-refractivity contribution in [2.24, 2.45) is 0 Å². The van der Waals surface area contributed by atoms with Crippen LogP contribution in [0.2, 0.25) is 0 Å². The monoisotopic (exact) mass is 352 g/mol. The van der Waals surface area contributed by atoms with Crippen LogP contribution in [-0.2, 0) is 4.79 Å². The molecule has 0 aliphatic carbocycles. The number of anilines is 1. The molecule has 1 saturated heterocycles. The molecular formula is C15H20N4O4S. The Bertz CT molecular complexity index is 638. The van der Waals surface area contributed by atoms with Gasteiger partial charge in [0, 0.05) is 32.1 Å². The zero-order valence-electron chi connectivity index (χ0n) is 13.4. The number of methoxy groups -OCH3 is 1. The highest BCUT2D eigenvalue weighted by molar-refractivity contribution is 7.80. The highest BCUT2D eigenvalue weighted by atomic mass is 32.1. The molecule has 2 N–H and O–H groups in total. The van der Waals surface area contributed by atoms with Crippen molar-refractivity contribution in [1.29, 1.82) is 0 Å². The lowest BCUT2D eigenvalue weighted by molar-refractivity contribution is -0.384. The Morgan fingerprint density at radius 2 is 2.29 bits per heavy atom. The van der Waals surface area contributed by atoms with Gasteiger partial charge in [-0.2, -0.15) is 0 Å². The molecule has 1 aromatic rings. The first-order valence-electron chi connectivity index (χ1n) is 7.66. The average molecular weight is 352 g/mol. The highest BCUT2D eigenvalue weighted by Gasteiger charge is 2.19. The summed E-state index contributed by atoms with van der Waals surface area (Å²) in [6, 6.07) is 4.27. The van der Waals surface area contributed by atoms with E-state index in [2.05, 4.69) is 10.6 Å². The molecule has 1 amide bonds. The zero-order valence-corrected chi connectivity index (χ0v) is 14.2. The number of rotatable bonds is 7. The van der Waals surface area contributed by atoms with Gasteiger partial charge < -0.3 is 20.3 Å². The van der Waals surface area contributed by atoms with Crippen molar-refractivity contribution in [2.75, 3.05) is 32.1 Å². The first-order valence-corrected chi connectivity index (χ1v) is 8.07. The third-order valence-electron chi connectivity index (χ3n) is 3.71. The van der Waals surface area contributed by atoms with Crippen LogP contribution in [0.4, 0.5) is 11.4 Å². The van der Waals surface area contributed by atoms with Gasteiger partial charge in [0.25, 0.3) is 5.69 Å². The van der Waals surface area contributed by atoms with Gasteiger partial charge in [-0.15, -0.1) is 0 Å². The Balaban J connectivity index is 1.79. The minimum absolute atomic E-state index is 0.0495. The van der Waals surface area contributed by atoms with E-state index in [-0.39, 0.29) is 11.6 Å². The number of non-ortho nitro benzene ring substituents is 1. The van der Waals surface area contributed by atoms with Gasteiger partial charge >= 0.3 is 0 Å². The predicted octanol–water partition coefficient (Wildman–Crippen LogP) is 1.90. The van der Waals surface area contributed by atoms with Crippen LogP contribution in [0.15, 0.2) is 18.2 Å². The molecule has 9 heteroatoms. The van der Waals surface area contributed by atoms with Gasteiger partial charge in [-0.25, -0.2) is 0 Å². The fourth-order valence-electron chi connectivity index (χ4n) is 2.48. The number of amides is 1. The minimum Gasteiger partial charge on any atom is -0.494 e. The van der Waals surface area contributed by atoms with E-state index in [1.807, 2.05) is 4.90 Å². The van der Waals surface area contributed by atoms with Gasteiger partial charge in [-0.1, -0.05) is 0 Å². The standard InChI is InChI=1S/C15H20N4O4S/c1-23-13-10-11(19(21)22)5-6-12(13)17-15(24)16-7-3-9-18-8-2-4-14(18)20/h5-6,10H,2-4,7-9H2,1H3,(H2,16,17,24). The number of hydrogen-bond acceptors (Lipinski definition) is 5. The number of nitrogens with zero attached hydrogens (tertiary/aromatic N) is 2. The van der Waals surface area contributed by atoms with Gasteiger partial charge in [0.15, 0.2) is 5.11 Å². The molecule has 0 radical (unpaired) electrons. The molecule has 0 bridgehead atoms. The quantitative estimate of drug-likeness (QED) is 0.335. The fourth-order valence-corrected chi connectivity index (χ4v) is 2.69. The Hall–Kier alpha value is -2.42. The van der Waals surface area contributed by atoms with Gasteiger partial charge in [0.1, 0.15) is 5.75 Å². The van der Waals surface area contributed by atoms with Gasteiger partial charge in [0.2, 0.25) is 5.91 Å². The van der Waals surface area contributed by atoms with Crippen LogP contribution in [0.1, 0.15) is 19.3 Å². The summed E-state index contributed by atoms with van der Waals surface area (Å²) in [6.45, 7) is 2.18. The molecule has 130 valence electrons. The Morgan fingerprint density at radius 1 is 1.50 bits per heavy atom. The number of nitrogens with one attached hydrogen (secondary N) is 2. The zero-order chi connectivity index (χ0) is 17.5. The summed E-state index contributed by atoms with van der Waals surface area (Å²) < 4.78 is 5.14. The number of likely N-dealkylation sites (tertiary alicyclic amines) is 1. The van der Waals surface area contributed by atoms with Crippen LogP contribution >= 0.6 is 12.2 Å². The Labute approximate surface area is 145 Å². The second-order valence-corrected chi connectivity index (χ2v) is 5.77. The van der Waals surface area contributed by atoms with Crippen LogP contribution in [0.5, 0.6) is 5.75 Å². The molecule has 2 rings (SSSR count). The maximum atomic E-state index is 11.5. The SMILES string of the molecule is COc1cc([N+](=O)[O-])ccc1NC(=S)NCCCN1CCCC1=O.